The molecule has 1 unspecified atom stereocenters. The fourth-order valence-electron chi connectivity index (χ4n) is 2.13. The Morgan fingerprint density at radius 2 is 2.38 bits per heavy atom. The van der Waals surface area contributed by atoms with Crippen molar-refractivity contribution in [1.82, 2.24) is 4.90 Å². The van der Waals surface area contributed by atoms with Gasteiger partial charge < -0.3 is 10.0 Å². The standard InChI is InChI=1S/C13H17NO2/c1-10-3-2-4-12(7-10)13(16)14-6-5-11(8-14)9-15/h2-4,7,11,15H,5-6,8-9H2,1H3. The molecule has 0 bridgehead atoms. The number of rotatable bonds is 2. The summed E-state index contributed by atoms with van der Waals surface area (Å²) >= 11 is 0. The minimum atomic E-state index is 0.0830. The fraction of sp³-hybridized carbons (Fsp3) is 0.462. The molecule has 0 aliphatic carbocycles. The molecule has 1 aromatic rings. The zero-order chi connectivity index (χ0) is 11.5. The lowest BCUT2D eigenvalue weighted by atomic mass is 10.1. The highest BCUT2D eigenvalue weighted by Gasteiger charge is 2.26. The van der Waals surface area contributed by atoms with Crippen LogP contribution in [-0.2, 0) is 0 Å². The van der Waals surface area contributed by atoms with E-state index in [4.69, 9.17) is 5.11 Å². The monoisotopic (exact) mass is 219 g/mol. The molecule has 1 N–H and O–H groups in total. The summed E-state index contributed by atoms with van der Waals surface area (Å²) in [5.41, 5.74) is 1.85. The van der Waals surface area contributed by atoms with Gasteiger partial charge in [-0.25, -0.2) is 0 Å². The van der Waals surface area contributed by atoms with Gasteiger partial charge in [-0.1, -0.05) is 17.7 Å². The third-order valence-electron chi connectivity index (χ3n) is 3.10. The zero-order valence-corrected chi connectivity index (χ0v) is 9.52. The van der Waals surface area contributed by atoms with Crippen LogP contribution < -0.4 is 0 Å². The molecule has 1 amide bonds. The Bertz CT molecular complexity index is 389. The summed E-state index contributed by atoms with van der Waals surface area (Å²) < 4.78 is 0. The normalized spacial score (nSPS) is 20.1. The Morgan fingerprint density at radius 1 is 1.56 bits per heavy atom. The average molecular weight is 219 g/mol. The minimum Gasteiger partial charge on any atom is -0.396 e. The summed E-state index contributed by atoms with van der Waals surface area (Å²) in [6.45, 7) is 3.61. The molecule has 0 saturated carbocycles. The Balaban J connectivity index is 2.08. The van der Waals surface area contributed by atoms with Crippen molar-refractivity contribution in [3.8, 4) is 0 Å². The van der Waals surface area contributed by atoms with Crippen molar-refractivity contribution in [3.05, 3.63) is 35.4 Å². The van der Waals surface area contributed by atoms with E-state index in [2.05, 4.69) is 0 Å². The lowest BCUT2D eigenvalue weighted by Crippen LogP contribution is -2.29. The van der Waals surface area contributed by atoms with Crippen LogP contribution >= 0.6 is 0 Å². The number of hydrogen-bond donors (Lipinski definition) is 1. The van der Waals surface area contributed by atoms with E-state index >= 15 is 0 Å². The minimum absolute atomic E-state index is 0.0830. The third-order valence-corrected chi connectivity index (χ3v) is 3.10. The van der Waals surface area contributed by atoms with Crippen LogP contribution in [0.4, 0.5) is 0 Å². The highest BCUT2D eigenvalue weighted by atomic mass is 16.3. The summed E-state index contributed by atoms with van der Waals surface area (Å²) in [5, 5.41) is 9.04. The number of carbonyl (C=O) groups excluding carboxylic acids is 1. The molecule has 0 radical (unpaired) electrons. The first-order valence-corrected chi connectivity index (χ1v) is 5.67. The molecule has 1 aliphatic rings. The molecule has 1 aliphatic heterocycles. The predicted octanol–water partition coefficient (Wildman–Crippen LogP) is 1.45. The molecule has 1 aromatic carbocycles. The quantitative estimate of drug-likeness (QED) is 0.818. The van der Waals surface area contributed by atoms with Crippen molar-refractivity contribution in [2.45, 2.75) is 13.3 Å². The van der Waals surface area contributed by atoms with Crippen LogP contribution in [-0.4, -0.2) is 35.6 Å². The van der Waals surface area contributed by atoms with Crippen LogP contribution in [0.1, 0.15) is 22.3 Å². The Morgan fingerprint density at radius 3 is 3.00 bits per heavy atom. The second-order valence-corrected chi connectivity index (χ2v) is 4.46. The fourth-order valence-corrected chi connectivity index (χ4v) is 2.13. The smallest absolute Gasteiger partial charge is 0.253 e. The Hall–Kier alpha value is -1.35. The van der Waals surface area contributed by atoms with Crippen LogP contribution in [0.5, 0.6) is 0 Å². The van der Waals surface area contributed by atoms with Gasteiger partial charge in [-0.15, -0.1) is 0 Å². The van der Waals surface area contributed by atoms with Crippen molar-refractivity contribution in [3.63, 3.8) is 0 Å². The lowest BCUT2D eigenvalue weighted by molar-refractivity contribution is 0.0782. The highest BCUT2D eigenvalue weighted by Crippen LogP contribution is 2.18. The molecule has 3 heteroatoms. The summed E-state index contributed by atoms with van der Waals surface area (Å²) in [7, 11) is 0. The molecule has 86 valence electrons. The van der Waals surface area contributed by atoms with Crippen LogP contribution in [0.2, 0.25) is 0 Å². The number of carbonyl (C=O) groups is 1. The van der Waals surface area contributed by atoms with E-state index < -0.39 is 0 Å². The number of benzene rings is 1. The third kappa shape index (κ3) is 2.25. The predicted molar refractivity (Wildman–Crippen MR) is 62.3 cm³/mol. The van der Waals surface area contributed by atoms with Gasteiger partial charge in [0.1, 0.15) is 0 Å². The van der Waals surface area contributed by atoms with Gasteiger partial charge >= 0.3 is 0 Å². The van der Waals surface area contributed by atoms with E-state index in [1.165, 1.54) is 0 Å². The maximum Gasteiger partial charge on any atom is 0.253 e. The van der Waals surface area contributed by atoms with Crippen molar-refractivity contribution in [1.29, 1.82) is 0 Å². The van der Waals surface area contributed by atoms with Crippen LogP contribution in [0.15, 0.2) is 24.3 Å². The number of amides is 1. The van der Waals surface area contributed by atoms with Crippen LogP contribution in [0.25, 0.3) is 0 Å². The molecule has 1 saturated heterocycles. The maximum absolute atomic E-state index is 12.1. The van der Waals surface area contributed by atoms with E-state index in [0.717, 1.165) is 24.1 Å². The number of aliphatic hydroxyl groups is 1. The highest BCUT2D eigenvalue weighted by molar-refractivity contribution is 5.94. The molecule has 3 nitrogen and oxygen atoms in total. The number of hydrogen-bond acceptors (Lipinski definition) is 2. The molecule has 2 rings (SSSR count). The Labute approximate surface area is 95.7 Å². The van der Waals surface area contributed by atoms with Gasteiger partial charge in [0.25, 0.3) is 5.91 Å². The molecule has 1 fully saturated rings. The van der Waals surface area contributed by atoms with Gasteiger partial charge in [-0.2, -0.15) is 0 Å². The zero-order valence-electron chi connectivity index (χ0n) is 9.52. The average Bonchev–Trinajstić information content (AvgIpc) is 2.76. The summed E-state index contributed by atoms with van der Waals surface area (Å²) in [5.74, 6) is 0.341. The molecule has 0 aromatic heterocycles. The van der Waals surface area contributed by atoms with Gasteiger partial charge in [0.15, 0.2) is 0 Å². The van der Waals surface area contributed by atoms with E-state index in [1.54, 1.807) is 0 Å². The molecule has 16 heavy (non-hydrogen) atoms. The van der Waals surface area contributed by atoms with E-state index in [1.807, 2.05) is 36.1 Å². The lowest BCUT2D eigenvalue weighted by Gasteiger charge is -2.16. The second kappa shape index (κ2) is 4.66. The molecular weight excluding hydrogens is 202 g/mol. The van der Waals surface area contributed by atoms with E-state index in [9.17, 15) is 4.79 Å². The number of nitrogens with zero attached hydrogens (tertiary/aromatic N) is 1. The van der Waals surface area contributed by atoms with Gasteiger partial charge in [0.05, 0.1) is 0 Å². The van der Waals surface area contributed by atoms with Gasteiger partial charge in [0, 0.05) is 31.2 Å². The SMILES string of the molecule is Cc1cccc(C(=O)N2CCC(CO)C2)c1. The first-order chi connectivity index (χ1) is 7.70. The van der Waals surface area contributed by atoms with Crippen LogP contribution in [0, 0.1) is 12.8 Å². The molecule has 1 atom stereocenters. The number of likely N-dealkylation sites (tertiary alicyclic amines) is 1. The molecule has 1 heterocycles. The molecular formula is C13H17NO2. The van der Waals surface area contributed by atoms with Crippen molar-refractivity contribution < 1.29 is 9.90 Å². The largest absolute Gasteiger partial charge is 0.396 e. The van der Waals surface area contributed by atoms with Crippen LogP contribution in [0.3, 0.4) is 0 Å². The Kier molecular flexibility index (Phi) is 3.25. The van der Waals surface area contributed by atoms with E-state index in [0.29, 0.717) is 6.54 Å². The first kappa shape index (κ1) is 11.1. The van der Waals surface area contributed by atoms with Gasteiger partial charge in [0.2, 0.25) is 0 Å². The summed E-state index contributed by atoms with van der Waals surface area (Å²) in [4.78, 5) is 13.9. The summed E-state index contributed by atoms with van der Waals surface area (Å²) in [6.07, 6.45) is 0.911. The van der Waals surface area contributed by atoms with Crippen molar-refractivity contribution in [2.24, 2.45) is 5.92 Å². The van der Waals surface area contributed by atoms with Gasteiger partial charge in [-0.3, -0.25) is 4.79 Å². The topological polar surface area (TPSA) is 40.5 Å². The van der Waals surface area contributed by atoms with E-state index in [-0.39, 0.29) is 18.4 Å². The summed E-state index contributed by atoms with van der Waals surface area (Å²) in [6, 6.07) is 7.65. The number of aryl methyl sites for hydroxylation is 1. The number of aliphatic hydroxyl groups excluding tert-OH is 1. The molecule has 0 spiro atoms. The first-order valence-electron chi connectivity index (χ1n) is 5.67. The second-order valence-electron chi connectivity index (χ2n) is 4.46. The van der Waals surface area contributed by atoms with Gasteiger partial charge in [-0.05, 0) is 25.5 Å². The van der Waals surface area contributed by atoms with Crippen molar-refractivity contribution >= 4 is 5.91 Å². The maximum atomic E-state index is 12.1. The van der Waals surface area contributed by atoms with Crippen molar-refractivity contribution in [2.75, 3.05) is 19.7 Å².